The number of aliphatic carboxylic acids is 1. The lowest BCUT2D eigenvalue weighted by Crippen LogP contribution is -2.10. The highest BCUT2D eigenvalue weighted by atomic mass is 16.5. The first-order chi connectivity index (χ1) is 11.7. The molecular weight excluding hydrogens is 302 g/mol. The van der Waals surface area contributed by atoms with Crippen LogP contribution < -0.4 is 4.74 Å². The molecule has 0 saturated carbocycles. The third-order valence-corrected chi connectivity index (χ3v) is 3.82. The van der Waals surface area contributed by atoms with E-state index in [-0.39, 0.29) is 0 Å². The number of nitrogens with zero attached hydrogens (tertiary/aromatic N) is 1. The number of ether oxygens (including phenoxy) is 1. The molecular formula is C20H19NO3. The molecule has 24 heavy (non-hydrogen) atoms. The van der Waals surface area contributed by atoms with Gasteiger partial charge >= 0.3 is 5.97 Å². The van der Waals surface area contributed by atoms with Crippen LogP contribution in [0.15, 0.2) is 54.6 Å². The summed E-state index contributed by atoms with van der Waals surface area (Å²) in [5.41, 5.74) is 4.12. The average Bonchev–Trinajstić information content (AvgIpc) is 2.60. The third kappa shape index (κ3) is 3.54. The Morgan fingerprint density at radius 1 is 1.12 bits per heavy atom. The molecule has 0 amide bonds. The van der Waals surface area contributed by atoms with Crippen LogP contribution in [0, 0.1) is 0 Å². The van der Waals surface area contributed by atoms with Crippen molar-refractivity contribution < 1.29 is 14.6 Å². The molecule has 3 aromatic rings. The van der Waals surface area contributed by atoms with Crippen LogP contribution in [0.5, 0.6) is 5.88 Å². The molecule has 3 rings (SSSR count). The average molecular weight is 321 g/mol. The summed E-state index contributed by atoms with van der Waals surface area (Å²) in [6.45, 7) is 1.75. The van der Waals surface area contributed by atoms with Crippen molar-refractivity contribution in [1.29, 1.82) is 0 Å². The largest absolute Gasteiger partial charge is 0.479 e. The number of benzene rings is 2. The molecule has 4 nitrogen and oxygen atoms in total. The monoisotopic (exact) mass is 321 g/mol. The molecule has 0 bridgehead atoms. The van der Waals surface area contributed by atoms with Gasteiger partial charge in [0, 0.05) is 11.5 Å². The Balaban J connectivity index is 2.14. The lowest BCUT2D eigenvalue weighted by Gasteiger charge is -2.11. The van der Waals surface area contributed by atoms with Crippen molar-refractivity contribution in [2.24, 2.45) is 0 Å². The van der Waals surface area contributed by atoms with Gasteiger partial charge in [-0.2, -0.15) is 0 Å². The van der Waals surface area contributed by atoms with Gasteiger partial charge < -0.3 is 9.84 Å². The quantitative estimate of drug-likeness (QED) is 0.734. The van der Waals surface area contributed by atoms with Gasteiger partial charge in [0.2, 0.25) is 5.88 Å². The number of carbonyl (C=O) groups is 1. The Labute approximate surface area is 140 Å². The number of aryl methyl sites for hydroxylation is 1. The van der Waals surface area contributed by atoms with Crippen LogP contribution in [0.25, 0.3) is 22.0 Å². The smallest absolute Gasteiger partial charge is 0.341 e. The van der Waals surface area contributed by atoms with E-state index in [9.17, 15) is 4.79 Å². The number of carboxylic acid groups (broad SMARTS) is 1. The molecule has 0 unspecified atom stereocenters. The van der Waals surface area contributed by atoms with E-state index in [4.69, 9.17) is 9.84 Å². The minimum Gasteiger partial charge on any atom is -0.479 e. The van der Waals surface area contributed by atoms with E-state index in [2.05, 4.69) is 24.0 Å². The van der Waals surface area contributed by atoms with Gasteiger partial charge in [-0.1, -0.05) is 49.7 Å². The fraction of sp³-hybridized carbons (Fsp3) is 0.200. The predicted octanol–water partition coefficient (Wildman–Crippen LogP) is 4.32. The molecule has 0 aliphatic heterocycles. The summed E-state index contributed by atoms with van der Waals surface area (Å²) < 4.78 is 5.30. The van der Waals surface area contributed by atoms with Gasteiger partial charge in [0.25, 0.3) is 0 Å². The van der Waals surface area contributed by atoms with Crippen LogP contribution in [0.2, 0.25) is 0 Å². The minimum atomic E-state index is -1.02. The van der Waals surface area contributed by atoms with Gasteiger partial charge in [-0.05, 0) is 35.2 Å². The lowest BCUT2D eigenvalue weighted by atomic mass is 9.98. The molecule has 1 heterocycles. The van der Waals surface area contributed by atoms with Crippen molar-refractivity contribution in [1.82, 2.24) is 4.98 Å². The Hall–Kier alpha value is -2.88. The van der Waals surface area contributed by atoms with Crippen LogP contribution in [0.4, 0.5) is 0 Å². The van der Waals surface area contributed by atoms with Crippen molar-refractivity contribution in [3.05, 3.63) is 60.2 Å². The standard InChI is InChI=1S/C20H19NO3/c1-2-6-14-9-10-18-17(11-14)16(15-7-4-3-5-8-15)12-19(21-18)24-13-20(22)23/h3-5,7-12H,2,6,13H2,1H3,(H,22,23). The molecule has 0 aliphatic carbocycles. The van der Waals surface area contributed by atoms with E-state index >= 15 is 0 Å². The molecule has 0 fully saturated rings. The molecule has 1 aromatic heterocycles. The minimum absolute atomic E-state index is 0.326. The maximum atomic E-state index is 10.8. The van der Waals surface area contributed by atoms with E-state index < -0.39 is 12.6 Å². The number of aromatic nitrogens is 1. The number of hydrogen-bond donors (Lipinski definition) is 1. The second-order valence-electron chi connectivity index (χ2n) is 5.66. The van der Waals surface area contributed by atoms with Gasteiger partial charge in [-0.15, -0.1) is 0 Å². The summed E-state index contributed by atoms with van der Waals surface area (Å²) in [6.07, 6.45) is 2.10. The normalized spacial score (nSPS) is 10.7. The summed E-state index contributed by atoms with van der Waals surface area (Å²) in [5.74, 6) is -0.691. The molecule has 122 valence electrons. The highest BCUT2D eigenvalue weighted by Crippen LogP contribution is 2.31. The van der Waals surface area contributed by atoms with Crippen molar-refractivity contribution in [2.45, 2.75) is 19.8 Å². The highest BCUT2D eigenvalue weighted by molar-refractivity contribution is 5.95. The predicted molar refractivity (Wildman–Crippen MR) is 94.3 cm³/mol. The molecule has 0 spiro atoms. The van der Waals surface area contributed by atoms with E-state index in [0.717, 1.165) is 34.9 Å². The molecule has 4 heteroatoms. The zero-order valence-corrected chi connectivity index (χ0v) is 13.5. The number of fused-ring (bicyclic) bond motifs is 1. The zero-order chi connectivity index (χ0) is 16.9. The van der Waals surface area contributed by atoms with E-state index in [1.54, 1.807) is 0 Å². The van der Waals surface area contributed by atoms with E-state index in [1.165, 1.54) is 5.56 Å². The summed E-state index contributed by atoms with van der Waals surface area (Å²) in [7, 11) is 0. The summed E-state index contributed by atoms with van der Waals surface area (Å²) in [6, 6.07) is 18.0. The number of carboxylic acids is 1. The van der Waals surface area contributed by atoms with Crippen molar-refractivity contribution in [2.75, 3.05) is 6.61 Å². The fourth-order valence-electron chi connectivity index (χ4n) is 2.76. The SMILES string of the molecule is CCCc1ccc2nc(OCC(=O)O)cc(-c3ccccc3)c2c1. The zero-order valence-electron chi connectivity index (χ0n) is 13.5. The van der Waals surface area contributed by atoms with Crippen LogP contribution in [0.3, 0.4) is 0 Å². The molecule has 2 aromatic carbocycles. The van der Waals surface area contributed by atoms with Crippen molar-refractivity contribution in [3.8, 4) is 17.0 Å². The number of rotatable bonds is 6. The van der Waals surface area contributed by atoms with Gasteiger partial charge in [-0.25, -0.2) is 9.78 Å². The van der Waals surface area contributed by atoms with E-state index in [1.807, 2.05) is 42.5 Å². The van der Waals surface area contributed by atoms with Crippen molar-refractivity contribution >= 4 is 16.9 Å². The molecule has 0 aliphatic rings. The highest BCUT2D eigenvalue weighted by Gasteiger charge is 2.10. The summed E-state index contributed by atoms with van der Waals surface area (Å²) >= 11 is 0. The van der Waals surface area contributed by atoms with E-state index in [0.29, 0.717) is 5.88 Å². The lowest BCUT2D eigenvalue weighted by molar-refractivity contribution is -0.139. The molecule has 0 saturated heterocycles. The van der Waals surface area contributed by atoms with Gasteiger partial charge in [-0.3, -0.25) is 0 Å². The van der Waals surface area contributed by atoms with Crippen LogP contribution in [-0.2, 0) is 11.2 Å². The first-order valence-corrected chi connectivity index (χ1v) is 8.01. The Morgan fingerprint density at radius 2 is 1.92 bits per heavy atom. The second kappa shape index (κ2) is 7.13. The molecule has 1 N–H and O–H groups in total. The summed E-state index contributed by atoms with van der Waals surface area (Å²) in [4.78, 5) is 15.2. The van der Waals surface area contributed by atoms with Gasteiger partial charge in [0.15, 0.2) is 6.61 Å². The Bertz CT molecular complexity index is 859. The topological polar surface area (TPSA) is 59.4 Å². The van der Waals surface area contributed by atoms with Gasteiger partial charge in [0.05, 0.1) is 5.52 Å². The maximum Gasteiger partial charge on any atom is 0.341 e. The third-order valence-electron chi connectivity index (χ3n) is 3.82. The Morgan fingerprint density at radius 3 is 2.62 bits per heavy atom. The first-order valence-electron chi connectivity index (χ1n) is 8.01. The first kappa shape index (κ1) is 16.0. The van der Waals surface area contributed by atoms with Crippen molar-refractivity contribution in [3.63, 3.8) is 0 Å². The number of hydrogen-bond acceptors (Lipinski definition) is 3. The molecule has 0 atom stereocenters. The van der Waals surface area contributed by atoms with Crippen LogP contribution in [-0.4, -0.2) is 22.7 Å². The fourth-order valence-corrected chi connectivity index (χ4v) is 2.76. The Kier molecular flexibility index (Phi) is 4.75. The maximum absolute atomic E-state index is 10.8. The summed E-state index contributed by atoms with van der Waals surface area (Å²) in [5, 5.41) is 9.87. The number of pyridine rings is 1. The van der Waals surface area contributed by atoms with Crippen LogP contribution >= 0.6 is 0 Å². The second-order valence-corrected chi connectivity index (χ2v) is 5.66. The van der Waals surface area contributed by atoms with Crippen LogP contribution in [0.1, 0.15) is 18.9 Å². The van der Waals surface area contributed by atoms with Gasteiger partial charge in [0.1, 0.15) is 0 Å². The molecule has 0 radical (unpaired) electrons.